The van der Waals surface area contributed by atoms with E-state index in [0.29, 0.717) is 15.9 Å². The van der Waals surface area contributed by atoms with Gasteiger partial charge >= 0.3 is 7.12 Å². The van der Waals surface area contributed by atoms with Gasteiger partial charge in [-0.2, -0.15) is 0 Å². The third-order valence-corrected chi connectivity index (χ3v) is 10.5. The van der Waals surface area contributed by atoms with Crippen LogP contribution in [0.25, 0.3) is 5.03 Å². The van der Waals surface area contributed by atoms with E-state index in [9.17, 15) is 0 Å². The van der Waals surface area contributed by atoms with Crippen LogP contribution in [0.5, 0.6) is 0 Å². The van der Waals surface area contributed by atoms with Crippen LogP contribution >= 0.6 is 35.1 Å². The van der Waals surface area contributed by atoms with Crippen molar-refractivity contribution in [3.05, 3.63) is 35.9 Å². The van der Waals surface area contributed by atoms with Gasteiger partial charge in [-0.25, -0.2) is 0 Å². The summed E-state index contributed by atoms with van der Waals surface area (Å²) in [5.74, 6) is 3.84. The molecule has 2 saturated heterocycles. The van der Waals surface area contributed by atoms with Gasteiger partial charge in [0.2, 0.25) is 0 Å². The van der Waals surface area contributed by atoms with Crippen molar-refractivity contribution >= 4 is 52.7 Å². The van der Waals surface area contributed by atoms with E-state index < -0.39 is 0 Å². The number of hydrogen-bond acceptors (Lipinski definition) is 4. The van der Waals surface area contributed by atoms with Crippen LogP contribution in [-0.4, -0.2) is 34.9 Å². The highest BCUT2D eigenvalue weighted by atomic mass is 35.5. The lowest BCUT2D eigenvalue weighted by Crippen LogP contribution is -2.63. The molecular weight excluding hydrogens is 407 g/mol. The highest BCUT2D eigenvalue weighted by Crippen LogP contribution is 2.64. The first-order valence-electron chi connectivity index (χ1n) is 10.4. The number of rotatable bonds is 3. The Morgan fingerprint density at radius 3 is 2.57 bits per heavy atom. The molecule has 6 rings (SSSR count). The average Bonchev–Trinajstić information content (AvgIpc) is 3.06. The molecule has 6 heteroatoms. The van der Waals surface area contributed by atoms with Crippen LogP contribution in [0, 0.1) is 17.3 Å². The molecule has 1 aromatic carbocycles. The van der Waals surface area contributed by atoms with Crippen molar-refractivity contribution in [2.75, 3.05) is 11.5 Å². The third kappa shape index (κ3) is 3.30. The third-order valence-electron chi connectivity index (χ3n) is 7.41. The number of benzene rings is 1. The zero-order valence-corrected chi connectivity index (χ0v) is 19.2. The van der Waals surface area contributed by atoms with Crippen LogP contribution in [0.15, 0.2) is 30.3 Å². The molecular formula is C22H28BClO2S2. The Hall–Kier alpha value is -0.0651. The molecule has 3 saturated carbocycles. The van der Waals surface area contributed by atoms with Crippen molar-refractivity contribution in [3.8, 4) is 0 Å². The first-order chi connectivity index (χ1) is 13.4. The molecule has 2 heterocycles. The van der Waals surface area contributed by atoms with Crippen LogP contribution in [0.1, 0.15) is 45.6 Å². The van der Waals surface area contributed by atoms with Crippen molar-refractivity contribution in [1.29, 1.82) is 0 Å². The molecule has 1 aromatic rings. The molecule has 0 radical (unpaired) electrons. The highest BCUT2D eigenvalue weighted by Gasteiger charge is 2.66. The van der Waals surface area contributed by atoms with Crippen LogP contribution < -0.4 is 5.46 Å². The number of halogens is 1. The van der Waals surface area contributed by atoms with Crippen LogP contribution in [0.3, 0.4) is 0 Å². The van der Waals surface area contributed by atoms with Gasteiger partial charge in [0.25, 0.3) is 0 Å². The maximum Gasteiger partial charge on any atom is 0.494 e. The van der Waals surface area contributed by atoms with Crippen LogP contribution in [0.2, 0.25) is 0 Å². The predicted octanol–water partition coefficient (Wildman–Crippen LogP) is 5.40. The van der Waals surface area contributed by atoms with Gasteiger partial charge in [-0.05, 0) is 72.0 Å². The Morgan fingerprint density at radius 1 is 1.18 bits per heavy atom. The van der Waals surface area contributed by atoms with Gasteiger partial charge in [0, 0.05) is 5.03 Å². The molecule has 2 bridgehead atoms. The van der Waals surface area contributed by atoms with Crippen molar-refractivity contribution in [2.24, 2.45) is 17.3 Å². The smallest absolute Gasteiger partial charge is 0.401 e. The Labute approximate surface area is 182 Å². The van der Waals surface area contributed by atoms with E-state index in [0.717, 1.165) is 28.4 Å². The minimum absolute atomic E-state index is 0.139. The summed E-state index contributed by atoms with van der Waals surface area (Å²) in [5, 5.41) is 0.843. The van der Waals surface area contributed by atoms with Gasteiger partial charge in [-0.3, -0.25) is 0 Å². The molecule has 0 spiro atoms. The highest BCUT2D eigenvalue weighted by molar-refractivity contribution is 8.17. The maximum atomic E-state index is 6.60. The summed E-state index contributed by atoms with van der Waals surface area (Å²) in [6, 6.07) is 8.45. The summed E-state index contributed by atoms with van der Waals surface area (Å²) in [6.45, 7) is 7.04. The number of hydrogen-bond donors (Lipinski definition) is 0. The van der Waals surface area contributed by atoms with E-state index in [2.05, 4.69) is 51.1 Å². The maximum absolute atomic E-state index is 6.60. The summed E-state index contributed by atoms with van der Waals surface area (Å²) in [4.78, 5) is 0. The lowest BCUT2D eigenvalue weighted by atomic mass is 9.45. The molecule has 5 fully saturated rings. The largest absolute Gasteiger partial charge is 0.494 e. The topological polar surface area (TPSA) is 18.5 Å². The lowest BCUT2D eigenvalue weighted by Gasteiger charge is -2.63. The Balaban J connectivity index is 1.30. The van der Waals surface area contributed by atoms with E-state index in [1.807, 2.05) is 23.5 Å². The predicted molar refractivity (Wildman–Crippen MR) is 123 cm³/mol. The molecule has 28 heavy (non-hydrogen) atoms. The van der Waals surface area contributed by atoms with E-state index in [1.165, 1.54) is 24.3 Å². The molecule has 0 unspecified atom stereocenters. The molecule has 4 atom stereocenters. The molecule has 2 aliphatic heterocycles. The fraction of sp³-hybridized carbons (Fsp3) is 0.636. The molecule has 0 amide bonds. The van der Waals surface area contributed by atoms with Crippen molar-refractivity contribution < 1.29 is 9.31 Å². The van der Waals surface area contributed by atoms with Gasteiger partial charge in [-0.1, -0.05) is 49.7 Å². The first-order valence-corrected chi connectivity index (χ1v) is 12.9. The van der Waals surface area contributed by atoms with E-state index in [1.54, 1.807) is 0 Å². The summed E-state index contributed by atoms with van der Waals surface area (Å²) < 4.78 is 13.4. The minimum atomic E-state index is -0.258. The molecule has 2 nitrogen and oxygen atoms in total. The summed E-state index contributed by atoms with van der Waals surface area (Å²) in [5.41, 5.74) is 2.42. The second-order valence-corrected chi connectivity index (χ2v) is 12.7. The van der Waals surface area contributed by atoms with Gasteiger partial charge in [0.1, 0.15) is 0 Å². The van der Waals surface area contributed by atoms with Gasteiger partial charge < -0.3 is 9.31 Å². The molecule has 0 N–H and O–H groups in total. The van der Waals surface area contributed by atoms with E-state index in [4.69, 9.17) is 20.9 Å². The molecule has 0 aromatic heterocycles. The fourth-order valence-corrected chi connectivity index (χ4v) is 8.57. The fourth-order valence-electron chi connectivity index (χ4n) is 5.47. The molecule has 5 aliphatic rings. The molecule has 150 valence electrons. The zero-order chi connectivity index (χ0) is 19.5. The Kier molecular flexibility index (Phi) is 5.16. The van der Waals surface area contributed by atoms with Gasteiger partial charge in [-0.15, -0.1) is 23.5 Å². The van der Waals surface area contributed by atoms with Crippen LogP contribution in [-0.2, 0) is 9.31 Å². The first kappa shape index (κ1) is 19.9. The minimum Gasteiger partial charge on any atom is -0.401 e. The second-order valence-electron chi connectivity index (χ2n) is 9.48. The second kappa shape index (κ2) is 7.27. The molecule has 3 aliphatic carbocycles. The average molecular weight is 435 g/mol. The summed E-state index contributed by atoms with van der Waals surface area (Å²) in [7, 11) is -0.258. The van der Waals surface area contributed by atoms with E-state index >= 15 is 0 Å². The Morgan fingerprint density at radius 2 is 1.89 bits per heavy atom. The normalized spacial score (nSPS) is 37.5. The summed E-state index contributed by atoms with van der Waals surface area (Å²) >= 11 is 10.6. The quantitative estimate of drug-likeness (QED) is 0.593. The van der Waals surface area contributed by atoms with Gasteiger partial charge in [0.05, 0.1) is 16.3 Å². The standard InChI is InChI=1S/C22H28BClO2S2/c1-21(2)15-11-17(21)20-22(3,13-15)26-23(25-20)16-7-5-14(6-8-16)18(24)12-19-27-9-4-10-28-19/h5-8,12,15,17,19-20H,4,9-11,13H2,1-3H3/b18-12-/t15-,17+,20+,22+/m0/s1. The van der Waals surface area contributed by atoms with Gasteiger partial charge in [0.15, 0.2) is 0 Å². The summed E-state index contributed by atoms with van der Waals surface area (Å²) in [6.07, 6.45) is 6.10. The van der Waals surface area contributed by atoms with E-state index in [-0.39, 0.29) is 18.8 Å². The lowest BCUT2D eigenvalue weighted by molar-refractivity contribution is -0.185. The number of thioether (sulfide) groups is 2. The zero-order valence-electron chi connectivity index (χ0n) is 16.8. The Bertz CT molecular complexity index is 777. The van der Waals surface area contributed by atoms with Crippen molar-refractivity contribution in [2.45, 2.75) is 56.3 Å². The van der Waals surface area contributed by atoms with Crippen molar-refractivity contribution in [3.63, 3.8) is 0 Å². The SMILES string of the molecule is CC1(C)[C@H]2C[C@@H]1[C@H]1OB(c3ccc(/C(Cl)=C/C4SCCCS4)cc3)O[C@]1(C)C2. The van der Waals surface area contributed by atoms with Crippen LogP contribution in [0.4, 0.5) is 0 Å². The van der Waals surface area contributed by atoms with Crippen molar-refractivity contribution in [1.82, 2.24) is 0 Å². The monoisotopic (exact) mass is 434 g/mol.